The summed E-state index contributed by atoms with van der Waals surface area (Å²) in [5.74, 6) is -0.579. The fourth-order valence-corrected chi connectivity index (χ4v) is 5.01. The summed E-state index contributed by atoms with van der Waals surface area (Å²) in [6, 6.07) is 15.4. The fourth-order valence-electron chi connectivity index (χ4n) is 3.93. The van der Waals surface area contributed by atoms with E-state index in [0.29, 0.717) is 29.6 Å². The predicted octanol–water partition coefficient (Wildman–Crippen LogP) is 4.61. The van der Waals surface area contributed by atoms with Crippen LogP contribution in [0.4, 0.5) is 5.00 Å². The fraction of sp³-hybridized carbons (Fsp3) is 0.333. The number of nitrogens with one attached hydrogen (secondary N) is 1. The summed E-state index contributed by atoms with van der Waals surface area (Å²) in [4.78, 5) is 27.8. The first-order valence-electron chi connectivity index (χ1n) is 10.3. The monoisotopic (exact) mass is 421 g/mol. The minimum Gasteiger partial charge on any atom is -0.365 e. The molecule has 2 aromatic carbocycles. The number of anilines is 1. The highest BCUT2D eigenvalue weighted by molar-refractivity contribution is 7.16. The average molecular weight is 422 g/mol. The topological polar surface area (TPSA) is 75.4 Å². The van der Waals surface area contributed by atoms with Gasteiger partial charge in [0.2, 0.25) is 5.91 Å². The molecule has 0 bridgehead atoms. The summed E-state index contributed by atoms with van der Waals surface area (Å²) >= 11 is 1.41. The van der Waals surface area contributed by atoms with Gasteiger partial charge >= 0.3 is 0 Å². The number of hydrogen-bond donors (Lipinski definition) is 2. The summed E-state index contributed by atoms with van der Waals surface area (Å²) in [5.41, 5.74) is 8.08. The number of nitrogens with zero attached hydrogens (tertiary/aromatic N) is 1. The van der Waals surface area contributed by atoms with Crippen LogP contribution in [0.5, 0.6) is 0 Å². The lowest BCUT2D eigenvalue weighted by Crippen LogP contribution is -2.29. The summed E-state index contributed by atoms with van der Waals surface area (Å²) in [6.45, 7) is 5.32. The number of nitrogens with two attached hydrogens (primary N) is 1. The van der Waals surface area contributed by atoms with E-state index in [2.05, 4.69) is 52.7 Å². The molecule has 0 saturated heterocycles. The molecule has 0 atom stereocenters. The molecule has 1 fully saturated rings. The maximum absolute atomic E-state index is 12.6. The van der Waals surface area contributed by atoms with Crippen molar-refractivity contribution < 1.29 is 9.59 Å². The highest BCUT2D eigenvalue weighted by atomic mass is 32.1. The zero-order valence-electron chi connectivity index (χ0n) is 17.4. The Morgan fingerprint density at radius 2 is 1.87 bits per heavy atom. The number of fused-ring (bicyclic) bond motifs is 1. The van der Waals surface area contributed by atoms with Gasteiger partial charge in [0.1, 0.15) is 5.00 Å². The third kappa shape index (κ3) is 4.40. The van der Waals surface area contributed by atoms with Crippen molar-refractivity contribution in [3.05, 3.63) is 64.0 Å². The SMILES string of the molecule is Cc1sc(NC(=O)CCN(Cc2cccc3ccccc23)C2CC2)c(C(N)=O)c1C. The Balaban J connectivity index is 1.43. The molecule has 1 aliphatic carbocycles. The second-order valence-corrected chi connectivity index (χ2v) is 9.21. The van der Waals surface area contributed by atoms with Crippen molar-refractivity contribution >= 4 is 38.9 Å². The molecule has 2 amide bonds. The molecule has 0 spiro atoms. The van der Waals surface area contributed by atoms with E-state index in [4.69, 9.17) is 5.73 Å². The van der Waals surface area contributed by atoms with E-state index in [0.717, 1.165) is 17.0 Å². The maximum Gasteiger partial charge on any atom is 0.251 e. The van der Waals surface area contributed by atoms with Crippen LogP contribution in [-0.4, -0.2) is 29.3 Å². The Hall–Kier alpha value is -2.70. The summed E-state index contributed by atoms with van der Waals surface area (Å²) in [6.07, 6.45) is 2.75. The third-order valence-electron chi connectivity index (χ3n) is 5.83. The second kappa shape index (κ2) is 8.58. The van der Waals surface area contributed by atoms with Crippen LogP contribution in [0.3, 0.4) is 0 Å². The Kier molecular flexibility index (Phi) is 5.88. The molecule has 3 N–H and O–H groups in total. The molecule has 0 unspecified atom stereocenters. The quantitative estimate of drug-likeness (QED) is 0.558. The van der Waals surface area contributed by atoms with Crippen LogP contribution in [-0.2, 0) is 11.3 Å². The highest BCUT2D eigenvalue weighted by Crippen LogP contribution is 2.33. The molecular weight excluding hydrogens is 394 g/mol. The van der Waals surface area contributed by atoms with Crippen molar-refractivity contribution in [2.45, 2.75) is 45.7 Å². The molecule has 1 aliphatic rings. The summed E-state index contributed by atoms with van der Waals surface area (Å²) < 4.78 is 0. The molecule has 1 heterocycles. The number of carbonyl (C=O) groups excluding carboxylic acids is 2. The number of amides is 2. The van der Waals surface area contributed by atoms with E-state index in [1.165, 1.54) is 40.5 Å². The Bertz CT molecular complexity index is 1100. The summed E-state index contributed by atoms with van der Waals surface area (Å²) in [7, 11) is 0. The zero-order chi connectivity index (χ0) is 21.3. The predicted molar refractivity (Wildman–Crippen MR) is 123 cm³/mol. The number of carbonyl (C=O) groups is 2. The van der Waals surface area contributed by atoms with E-state index < -0.39 is 5.91 Å². The average Bonchev–Trinajstić information content (AvgIpc) is 3.52. The van der Waals surface area contributed by atoms with Gasteiger partial charge in [-0.2, -0.15) is 0 Å². The van der Waals surface area contributed by atoms with Crippen LogP contribution in [0, 0.1) is 13.8 Å². The minimum absolute atomic E-state index is 0.0812. The van der Waals surface area contributed by atoms with E-state index >= 15 is 0 Å². The smallest absolute Gasteiger partial charge is 0.251 e. The van der Waals surface area contributed by atoms with E-state index in [9.17, 15) is 9.59 Å². The van der Waals surface area contributed by atoms with Crippen molar-refractivity contribution in [2.75, 3.05) is 11.9 Å². The second-order valence-electron chi connectivity index (χ2n) is 7.99. The van der Waals surface area contributed by atoms with E-state index in [1.807, 2.05) is 13.8 Å². The largest absolute Gasteiger partial charge is 0.365 e. The number of rotatable bonds is 8. The van der Waals surface area contributed by atoms with Gasteiger partial charge in [-0.1, -0.05) is 42.5 Å². The number of hydrogen-bond acceptors (Lipinski definition) is 4. The van der Waals surface area contributed by atoms with Crippen LogP contribution >= 0.6 is 11.3 Å². The Labute approximate surface area is 180 Å². The molecule has 4 rings (SSSR count). The van der Waals surface area contributed by atoms with E-state index in [1.54, 1.807) is 0 Å². The first-order chi connectivity index (χ1) is 14.4. The van der Waals surface area contributed by atoms with Crippen LogP contribution in [0.2, 0.25) is 0 Å². The molecule has 6 heteroatoms. The number of benzene rings is 2. The van der Waals surface area contributed by atoms with Crippen molar-refractivity contribution in [3.8, 4) is 0 Å². The molecule has 156 valence electrons. The van der Waals surface area contributed by atoms with Gasteiger partial charge in [-0.05, 0) is 48.6 Å². The van der Waals surface area contributed by atoms with Gasteiger partial charge in [0, 0.05) is 30.4 Å². The molecule has 30 heavy (non-hydrogen) atoms. The van der Waals surface area contributed by atoms with E-state index in [-0.39, 0.29) is 5.91 Å². The third-order valence-corrected chi connectivity index (χ3v) is 6.95. The number of thiophene rings is 1. The van der Waals surface area contributed by atoms with Gasteiger partial charge in [0.15, 0.2) is 0 Å². The van der Waals surface area contributed by atoms with Gasteiger partial charge in [0.05, 0.1) is 5.56 Å². The van der Waals surface area contributed by atoms with Gasteiger partial charge < -0.3 is 11.1 Å². The molecule has 3 aromatic rings. The standard InChI is InChI=1S/C24H27N3O2S/c1-15-16(2)30-24(22(15)23(25)29)26-21(28)12-13-27(19-10-11-19)14-18-8-5-7-17-6-3-4-9-20(17)18/h3-9,19H,10-14H2,1-2H3,(H2,25,29)(H,26,28). The molecule has 5 nitrogen and oxygen atoms in total. The van der Waals surface area contributed by atoms with Crippen LogP contribution in [0.25, 0.3) is 10.8 Å². The molecule has 1 aromatic heterocycles. The maximum atomic E-state index is 12.6. The van der Waals surface area contributed by atoms with Crippen LogP contribution < -0.4 is 11.1 Å². The van der Waals surface area contributed by atoms with Gasteiger partial charge in [-0.15, -0.1) is 11.3 Å². The highest BCUT2D eigenvalue weighted by Gasteiger charge is 2.29. The zero-order valence-corrected chi connectivity index (χ0v) is 18.2. The molecule has 0 aliphatic heterocycles. The van der Waals surface area contributed by atoms with Crippen molar-refractivity contribution in [1.82, 2.24) is 4.90 Å². The Morgan fingerprint density at radius 1 is 1.13 bits per heavy atom. The van der Waals surface area contributed by atoms with Gasteiger partial charge in [-0.25, -0.2) is 0 Å². The van der Waals surface area contributed by atoms with Gasteiger partial charge in [0.25, 0.3) is 5.91 Å². The van der Waals surface area contributed by atoms with Crippen molar-refractivity contribution in [2.24, 2.45) is 5.73 Å². The number of primary amides is 1. The van der Waals surface area contributed by atoms with Crippen LogP contribution in [0.1, 0.15) is 45.6 Å². The molecule has 0 radical (unpaired) electrons. The normalized spacial score (nSPS) is 13.7. The summed E-state index contributed by atoms with van der Waals surface area (Å²) in [5, 5.41) is 5.99. The molecule has 1 saturated carbocycles. The lowest BCUT2D eigenvalue weighted by atomic mass is 10.0. The lowest BCUT2D eigenvalue weighted by molar-refractivity contribution is -0.116. The number of aryl methyl sites for hydroxylation is 1. The van der Waals surface area contributed by atoms with Gasteiger partial charge in [-0.3, -0.25) is 14.5 Å². The first-order valence-corrected chi connectivity index (χ1v) is 11.2. The first kappa shape index (κ1) is 20.6. The lowest BCUT2D eigenvalue weighted by Gasteiger charge is -2.22. The van der Waals surface area contributed by atoms with Crippen LogP contribution in [0.15, 0.2) is 42.5 Å². The van der Waals surface area contributed by atoms with Crippen molar-refractivity contribution in [1.29, 1.82) is 0 Å². The molecular formula is C24H27N3O2S. The van der Waals surface area contributed by atoms with Crippen molar-refractivity contribution in [3.63, 3.8) is 0 Å². The Morgan fingerprint density at radius 3 is 2.60 bits per heavy atom. The minimum atomic E-state index is -0.497.